The molecule has 8 bridgehead atoms. The van der Waals surface area contributed by atoms with Crippen LogP contribution in [-0.2, 0) is 0 Å². The van der Waals surface area contributed by atoms with E-state index in [2.05, 4.69) is 73.7 Å². The van der Waals surface area contributed by atoms with Gasteiger partial charge in [-0.1, -0.05) is 0 Å². The van der Waals surface area contributed by atoms with E-state index in [1.807, 2.05) is 48.6 Å². The predicted octanol–water partition coefficient (Wildman–Crippen LogP) is 7.71. The minimum absolute atomic E-state index is 0.835. The van der Waals surface area contributed by atoms with Gasteiger partial charge in [0.15, 0.2) is 0 Å². The van der Waals surface area contributed by atoms with Crippen molar-refractivity contribution >= 4 is 110 Å². The van der Waals surface area contributed by atoms with Crippen molar-refractivity contribution in [2.75, 3.05) is 0 Å². The summed E-state index contributed by atoms with van der Waals surface area (Å²) in [6, 6.07) is 8.13. The maximum absolute atomic E-state index is 4.75. The maximum Gasteiger partial charge on any atom is 0.0802 e. The van der Waals surface area contributed by atoms with Crippen LogP contribution in [-0.4, -0.2) is 19.9 Å². The van der Waals surface area contributed by atoms with Crippen LogP contribution in [0.15, 0.2) is 42.2 Å². The zero-order valence-electron chi connectivity index (χ0n) is 14.0. The summed E-state index contributed by atoms with van der Waals surface area (Å²) in [5, 5.41) is 0. The van der Waals surface area contributed by atoms with E-state index in [1.165, 1.54) is 0 Å². The molecule has 28 heavy (non-hydrogen) atoms. The van der Waals surface area contributed by atoms with Crippen LogP contribution in [0.5, 0.6) is 0 Å². The fourth-order valence-electron chi connectivity index (χ4n) is 3.07. The number of nitrogens with one attached hydrogen (secondary N) is 2. The lowest BCUT2D eigenvalue weighted by molar-refractivity contribution is 1.24. The maximum atomic E-state index is 4.75. The molecule has 0 spiro atoms. The zero-order chi connectivity index (χ0) is 19.4. The first kappa shape index (κ1) is 18.5. The number of aromatic amines is 2. The van der Waals surface area contributed by atoms with Gasteiger partial charge < -0.3 is 9.97 Å². The summed E-state index contributed by atoms with van der Waals surface area (Å²) >= 11 is 14.7. The third-order valence-electron chi connectivity index (χ3n) is 4.50. The molecule has 8 heteroatoms. The van der Waals surface area contributed by atoms with Gasteiger partial charge in [-0.3, -0.25) is 0 Å². The van der Waals surface area contributed by atoms with E-state index >= 15 is 0 Å². The summed E-state index contributed by atoms with van der Waals surface area (Å²) in [5.41, 5.74) is 7.22. The average Bonchev–Trinajstić information content (AvgIpc) is 3.49. The molecule has 3 aromatic heterocycles. The summed E-state index contributed by atoms with van der Waals surface area (Å²) in [6.07, 6.45) is 7.94. The standard InChI is InChI=1S/C20H10Br4N4/c21-17-9-1-2-10(25-9)18(22)12-5-6-14(27-12)20(24)16-8-7-15(28-16)19(23)13-4-3-11(17)26-13/h1-8,25-26H. The second-order valence-electron chi connectivity index (χ2n) is 6.26. The molecule has 0 saturated carbocycles. The highest BCUT2D eigenvalue weighted by Crippen LogP contribution is 2.32. The Bertz CT molecular complexity index is 1260. The summed E-state index contributed by atoms with van der Waals surface area (Å²) in [6.45, 7) is 0. The fourth-order valence-corrected chi connectivity index (χ4v) is 4.88. The SMILES string of the molecule is Brc1c2nc(c(Br)c3ccc([nH]3)c(Br)c3ccc([nH]3)c(Br)c3nc1C=C3)C=C2. The van der Waals surface area contributed by atoms with Crippen molar-refractivity contribution in [3.8, 4) is 0 Å². The van der Waals surface area contributed by atoms with Gasteiger partial charge in [-0.25, -0.2) is 9.97 Å². The van der Waals surface area contributed by atoms with Crippen LogP contribution in [0, 0.1) is 0 Å². The van der Waals surface area contributed by atoms with E-state index in [1.54, 1.807) is 0 Å². The lowest BCUT2D eigenvalue weighted by Crippen LogP contribution is -1.83. The summed E-state index contributed by atoms with van der Waals surface area (Å²) in [5.74, 6) is 0. The third kappa shape index (κ3) is 3.07. The molecule has 0 saturated heterocycles. The number of H-pyrrole nitrogens is 2. The van der Waals surface area contributed by atoms with E-state index in [0.717, 1.165) is 62.7 Å². The molecule has 0 aliphatic carbocycles. The number of fused-ring (bicyclic) bond motifs is 8. The second kappa shape index (κ2) is 7.09. The van der Waals surface area contributed by atoms with Gasteiger partial charge in [0.2, 0.25) is 0 Å². The molecule has 2 N–H and O–H groups in total. The Morgan fingerprint density at radius 3 is 1.18 bits per heavy atom. The summed E-state index contributed by atoms with van der Waals surface area (Å²) in [7, 11) is 0. The Labute approximate surface area is 193 Å². The van der Waals surface area contributed by atoms with E-state index in [9.17, 15) is 0 Å². The van der Waals surface area contributed by atoms with Crippen molar-refractivity contribution in [1.29, 1.82) is 0 Å². The Kier molecular flexibility index (Phi) is 4.70. The molecule has 138 valence electrons. The molecule has 0 amide bonds. The first-order valence-electron chi connectivity index (χ1n) is 8.29. The van der Waals surface area contributed by atoms with Crippen molar-refractivity contribution in [2.45, 2.75) is 0 Å². The van der Waals surface area contributed by atoms with Gasteiger partial charge >= 0.3 is 0 Å². The van der Waals surface area contributed by atoms with Crippen molar-refractivity contribution in [2.24, 2.45) is 0 Å². The van der Waals surface area contributed by atoms with Crippen LogP contribution in [0.1, 0.15) is 22.8 Å². The highest BCUT2D eigenvalue weighted by atomic mass is 79.9. The first-order valence-corrected chi connectivity index (χ1v) is 11.5. The second-order valence-corrected chi connectivity index (χ2v) is 9.43. The van der Waals surface area contributed by atoms with Crippen LogP contribution in [0.2, 0.25) is 0 Å². The minimum atomic E-state index is 0.835. The van der Waals surface area contributed by atoms with Crippen LogP contribution in [0.4, 0.5) is 0 Å². The molecular weight excluding hydrogens is 616 g/mol. The Balaban J connectivity index is 1.97. The number of rotatable bonds is 0. The normalized spacial score (nSPS) is 12.7. The van der Waals surface area contributed by atoms with Gasteiger partial charge in [0.25, 0.3) is 0 Å². The average molecular weight is 626 g/mol. The summed E-state index contributed by atoms with van der Waals surface area (Å²) < 4.78 is 3.60. The molecule has 0 fully saturated rings. The molecule has 0 unspecified atom stereocenters. The van der Waals surface area contributed by atoms with Crippen molar-refractivity contribution < 1.29 is 0 Å². The molecule has 0 aromatic carbocycles. The fraction of sp³-hybridized carbons (Fsp3) is 0. The van der Waals surface area contributed by atoms with Gasteiger partial charge in [0.1, 0.15) is 0 Å². The molecular formula is C20H10Br4N4. The largest absolute Gasteiger partial charge is 0.354 e. The Morgan fingerprint density at radius 2 is 0.786 bits per heavy atom. The zero-order valence-corrected chi connectivity index (χ0v) is 20.4. The first-order chi connectivity index (χ1) is 13.5. The molecule has 2 aliphatic rings. The minimum Gasteiger partial charge on any atom is -0.354 e. The highest BCUT2D eigenvalue weighted by molar-refractivity contribution is 9.11. The number of aromatic nitrogens is 4. The molecule has 4 nitrogen and oxygen atoms in total. The number of nitrogens with zero attached hydrogens (tertiary/aromatic N) is 2. The van der Waals surface area contributed by atoms with Gasteiger partial charge in [-0.2, -0.15) is 0 Å². The third-order valence-corrected chi connectivity index (χ3v) is 7.83. The van der Waals surface area contributed by atoms with Crippen LogP contribution in [0.3, 0.4) is 0 Å². The van der Waals surface area contributed by atoms with Crippen LogP contribution < -0.4 is 0 Å². The van der Waals surface area contributed by atoms with E-state index in [0.29, 0.717) is 0 Å². The molecule has 0 atom stereocenters. The van der Waals surface area contributed by atoms with Crippen LogP contribution >= 0.6 is 63.7 Å². The molecule has 3 aromatic rings. The van der Waals surface area contributed by atoms with Crippen molar-refractivity contribution in [3.63, 3.8) is 0 Å². The van der Waals surface area contributed by atoms with E-state index in [-0.39, 0.29) is 0 Å². The van der Waals surface area contributed by atoms with Gasteiger partial charge in [0, 0.05) is 0 Å². The smallest absolute Gasteiger partial charge is 0.0802 e. The Hall–Kier alpha value is -1.48. The van der Waals surface area contributed by atoms with Crippen LogP contribution in [0.25, 0.3) is 46.4 Å². The number of halogens is 4. The molecule has 5 heterocycles. The lowest BCUT2D eigenvalue weighted by Gasteiger charge is -1.95. The Morgan fingerprint density at radius 1 is 0.464 bits per heavy atom. The highest BCUT2D eigenvalue weighted by Gasteiger charge is 2.13. The van der Waals surface area contributed by atoms with E-state index in [4.69, 9.17) is 9.97 Å². The summed E-state index contributed by atoms with van der Waals surface area (Å²) in [4.78, 5) is 16.4. The quantitative estimate of drug-likeness (QED) is 0.185. The predicted molar refractivity (Wildman–Crippen MR) is 130 cm³/mol. The molecule has 2 aliphatic heterocycles. The number of hydrogen-bond donors (Lipinski definition) is 2. The van der Waals surface area contributed by atoms with Gasteiger partial charge in [-0.15, -0.1) is 0 Å². The molecule has 5 rings (SSSR count). The van der Waals surface area contributed by atoms with Crippen molar-refractivity contribution in [3.05, 3.63) is 64.9 Å². The van der Waals surface area contributed by atoms with Gasteiger partial charge in [-0.05, 0) is 112 Å². The lowest BCUT2D eigenvalue weighted by atomic mass is 10.3. The van der Waals surface area contributed by atoms with E-state index < -0.39 is 0 Å². The van der Waals surface area contributed by atoms with Gasteiger partial charge in [0.05, 0.1) is 62.7 Å². The molecule has 0 radical (unpaired) electrons. The monoisotopic (exact) mass is 622 g/mol. The van der Waals surface area contributed by atoms with Crippen molar-refractivity contribution in [1.82, 2.24) is 19.9 Å². The number of hydrogen-bond acceptors (Lipinski definition) is 2. The topological polar surface area (TPSA) is 57.4 Å².